The van der Waals surface area contributed by atoms with Gasteiger partial charge in [-0.05, 0) is 31.5 Å². The van der Waals surface area contributed by atoms with E-state index in [1.54, 1.807) is 26.0 Å². The quantitative estimate of drug-likeness (QED) is 0.765. The number of carbonyl (C=O) groups is 1. The molecule has 2 aromatic carbocycles. The Morgan fingerprint density at radius 3 is 2.57 bits per heavy atom. The molecular weight excluding hydrogens is 293 g/mol. The van der Waals surface area contributed by atoms with Crippen molar-refractivity contribution >= 4 is 11.6 Å². The van der Waals surface area contributed by atoms with Gasteiger partial charge in [0.1, 0.15) is 17.3 Å². The van der Waals surface area contributed by atoms with Gasteiger partial charge in [0.05, 0.1) is 0 Å². The zero-order valence-electron chi connectivity index (χ0n) is 12.9. The lowest BCUT2D eigenvalue weighted by atomic mass is 10.2. The number of benzene rings is 2. The van der Waals surface area contributed by atoms with Crippen LogP contribution in [-0.2, 0) is 0 Å². The molecule has 0 aliphatic carbocycles. The lowest BCUT2D eigenvalue weighted by Gasteiger charge is -2.05. The summed E-state index contributed by atoms with van der Waals surface area (Å²) < 4.78 is 13.6. The van der Waals surface area contributed by atoms with Crippen LogP contribution in [0, 0.1) is 19.7 Å². The second-order valence-corrected chi connectivity index (χ2v) is 5.34. The molecule has 1 amide bonds. The van der Waals surface area contributed by atoms with Gasteiger partial charge in [-0.1, -0.05) is 36.4 Å². The number of hydrogen-bond donors (Lipinski definition) is 2. The minimum absolute atomic E-state index is 0.296. The Bertz CT molecular complexity index is 856. The van der Waals surface area contributed by atoms with Crippen molar-refractivity contribution in [1.82, 2.24) is 9.97 Å². The molecule has 0 aliphatic rings. The van der Waals surface area contributed by atoms with Crippen LogP contribution in [0.2, 0.25) is 0 Å². The topological polar surface area (TPSA) is 57.8 Å². The van der Waals surface area contributed by atoms with E-state index in [0.29, 0.717) is 28.5 Å². The normalized spacial score (nSPS) is 10.6. The molecule has 0 saturated carbocycles. The van der Waals surface area contributed by atoms with Gasteiger partial charge in [-0.15, -0.1) is 0 Å². The van der Waals surface area contributed by atoms with Crippen molar-refractivity contribution in [2.75, 3.05) is 5.32 Å². The average molecular weight is 309 g/mol. The summed E-state index contributed by atoms with van der Waals surface area (Å²) in [5, 5.41) is 2.67. The van der Waals surface area contributed by atoms with Crippen molar-refractivity contribution in [2.24, 2.45) is 0 Å². The molecule has 5 heteroatoms. The summed E-state index contributed by atoms with van der Waals surface area (Å²) in [4.78, 5) is 19.8. The first kappa shape index (κ1) is 15.0. The Kier molecular flexibility index (Phi) is 3.93. The first-order chi connectivity index (χ1) is 11.0. The molecule has 0 atom stereocenters. The number of anilines is 1. The number of halogens is 1. The number of rotatable bonds is 3. The second-order valence-electron chi connectivity index (χ2n) is 5.34. The molecule has 0 radical (unpaired) electrons. The first-order valence-electron chi connectivity index (χ1n) is 7.24. The van der Waals surface area contributed by atoms with Crippen LogP contribution in [-0.4, -0.2) is 15.9 Å². The maximum absolute atomic E-state index is 13.6. The standard InChI is InChI=1S/C18H16FN3O/c1-11-8-9-14(10-15(11)19)21-18(23)16-12(2)20-17(22-16)13-6-4-3-5-7-13/h3-10H,1-2H3,(H,20,22)(H,21,23). The van der Waals surface area contributed by atoms with Crippen LogP contribution < -0.4 is 5.32 Å². The number of nitrogens with zero attached hydrogens (tertiary/aromatic N) is 1. The molecule has 0 saturated heterocycles. The molecule has 1 aromatic heterocycles. The van der Waals surface area contributed by atoms with Gasteiger partial charge >= 0.3 is 0 Å². The van der Waals surface area contributed by atoms with E-state index in [1.807, 2.05) is 30.3 Å². The van der Waals surface area contributed by atoms with Gasteiger partial charge in [0.15, 0.2) is 0 Å². The summed E-state index contributed by atoms with van der Waals surface area (Å²) in [7, 11) is 0. The summed E-state index contributed by atoms with van der Waals surface area (Å²) in [6.45, 7) is 3.45. The molecule has 3 rings (SSSR count). The van der Waals surface area contributed by atoms with Gasteiger partial charge in [-0.3, -0.25) is 4.79 Å². The highest BCUT2D eigenvalue weighted by Gasteiger charge is 2.16. The monoisotopic (exact) mass is 309 g/mol. The van der Waals surface area contributed by atoms with Gasteiger partial charge < -0.3 is 10.3 Å². The molecule has 0 aliphatic heterocycles. The van der Waals surface area contributed by atoms with Crippen molar-refractivity contribution < 1.29 is 9.18 Å². The van der Waals surface area contributed by atoms with E-state index in [-0.39, 0.29) is 11.7 Å². The third-order valence-corrected chi connectivity index (χ3v) is 3.58. The largest absolute Gasteiger partial charge is 0.341 e. The van der Waals surface area contributed by atoms with E-state index in [0.717, 1.165) is 5.56 Å². The van der Waals surface area contributed by atoms with Crippen LogP contribution in [0.3, 0.4) is 0 Å². The first-order valence-corrected chi connectivity index (χ1v) is 7.24. The number of carbonyl (C=O) groups excluding carboxylic acids is 1. The predicted molar refractivity (Wildman–Crippen MR) is 87.9 cm³/mol. The fourth-order valence-corrected chi connectivity index (χ4v) is 2.28. The molecule has 0 bridgehead atoms. The molecular formula is C18H16FN3O. The molecule has 3 aromatic rings. The summed E-state index contributed by atoms with van der Waals surface area (Å²) in [6, 6.07) is 14.1. The smallest absolute Gasteiger partial charge is 0.276 e. The van der Waals surface area contributed by atoms with Gasteiger partial charge in [0.2, 0.25) is 0 Å². The molecule has 23 heavy (non-hydrogen) atoms. The number of imidazole rings is 1. The fourth-order valence-electron chi connectivity index (χ4n) is 2.28. The van der Waals surface area contributed by atoms with E-state index in [2.05, 4.69) is 15.3 Å². The van der Waals surface area contributed by atoms with Crippen molar-refractivity contribution in [3.05, 3.63) is 71.3 Å². The van der Waals surface area contributed by atoms with E-state index in [9.17, 15) is 9.18 Å². The van der Waals surface area contributed by atoms with Crippen molar-refractivity contribution in [1.29, 1.82) is 0 Å². The number of hydrogen-bond acceptors (Lipinski definition) is 2. The minimum atomic E-state index is -0.371. The zero-order chi connectivity index (χ0) is 16.4. The minimum Gasteiger partial charge on any atom is -0.341 e. The van der Waals surface area contributed by atoms with Crippen molar-refractivity contribution in [3.63, 3.8) is 0 Å². The van der Waals surface area contributed by atoms with Gasteiger partial charge in [0.25, 0.3) is 5.91 Å². The average Bonchev–Trinajstić information content (AvgIpc) is 2.94. The van der Waals surface area contributed by atoms with Crippen molar-refractivity contribution in [3.8, 4) is 11.4 Å². The van der Waals surface area contributed by atoms with E-state index < -0.39 is 0 Å². The number of nitrogens with one attached hydrogen (secondary N) is 2. The van der Waals surface area contributed by atoms with E-state index in [1.165, 1.54) is 6.07 Å². The van der Waals surface area contributed by atoms with E-state index in [4.69, 9.17) is 0 Å². The maximum Gasteiger partial charge on any atom is 0.276 e. The Morgan fingerprint density at radius 1 is 1.13 bits per heavy atom. The molecule has 2 N–H and O–H groups in total. The van der Waals surface area contributed by atoms with Crippen molar-refractivity contribution in [2.45, 2.75) is 13.8 Å². The number of aryl methyl sites for hydroxylation is 2. The molecule has 0 spiro atoms. The summed E-state index contributed by atoms with van der Waals surface area (Å²) in [6.07, 6.45) is 0. The third kappa shape index (κ3) is 3.13. The second kappa shape index (κ2) is 6.04. The molecule has 4 nitrogen and oxygen atoms in total. The van der Waals surface area contributed by atoms with Gasteiger partial charge in [0, 0.05) is 16.9 Å². The van der Waals surface area contributed by atoms with Crippen LogP contribution in [0.1, 0.15) is 21.7 Å². The lowest BCUT2D eigenvalue weighted by Crippen LogP contribution is -2.14. The van der Waals surface area contributed by atoms with Crippen LogP contribution in [0.4, 0.5) is 10.1 Å². The molecule has 116 valence electrons. The summed E-state index contributed by atoms with van der Waals surface area (Å²) in [5.41, 5.74) is 2.79. The Morgan fingerprint density at radius 2 is 1.87 bits per heavy atom. The van der Waals surface area contributed by atoms with Crippen LogP contribution in [0.5, 0.6) is 0 Å². The molecule has 0 unspecified atom stereocenters. The molecule has 1 heterocycles. The predicted octanol–water partition coefficient (Wildman–Crippen LogP) is 4.08. The Hall–Kier alpha value is -2.95. The number of H-pyrrole nitrogens is 1. The van der Waals surface area contributed by atoms with Crippen LogP contribution in [0.25, 0.3) is 11.4 Å². The number of amides is 1. The van der Waals surface area contributed by atoms with E-state index >= 15 is 0 Å². The number of aromatic nitrogens is 2. The van der Waals surface area contributed by atoms with Crippen LogP contribution >= 0.6 is 0 Å². The van der Waals surface area contributed by atoms with Gasteiger partial charge in [-0.25, -0.2) is 9.37 Å². The Labute approximate surface area is 133 Å². The molecule has 0 fully saturated rings. The lowest BCUT2D eigenvalue weighted by molar-refractivity contribution is 0.102. The highest BCUT2D eigenvalue weighted by Crippen LogP contribution is 2.19. The number of aromatic amines is 1. The zero-order valence-corrected chi connectivity index (χ0v) is 12.9. The summed E-state index contributed by atoms with van der Waals surface area (Å²) >= 11 is 0. The SMILES string of the molecule is Cc1ccc(NC(=O)c2nc(-c3ccccc3)[nH]c2C)cc1F. The summed E-state index contributed by atoms with van der Waals surface area (Å²) in [5.74, 6) is -0.0981. The third-order valence-electron chi connectivity index (χ3n) is 3.58. The highest BCUT2D eigenvalue weighted by molar-refractivity contribution is 6.04. The fraction of sp³-hybridized carbons (Fsp3) is 0.111. The maximum atomic E-state index is 13.6. The Balaban J connectivity index is 1.85. The van der Waals surface area contributed by atoms with Crippen LogP contribution in [0.15, 0.2) is 48.5 Å². The van der Waals surface area contributed by atoms with Gasteiger partial charge in [-0.2, -0.15) is 0 Å². The highest BCUT2D eigenvalue weighted by atomic mass is 19.1.